The summed E-state index contributed by atoms with van der Waals surface area (Å²) < 4.78 is 18.4. The van der Waals surface area contributed by atoms with Gasteiger partial charge in [0.15, 0.2) is 0 Å². The molecular formula is C25H26FN3O3. The second-order valence-corrected chi connectivity index (χ2v) is 7.22. The maximum atomic E-state index is 13.0. The summed E-state index contributed by atoms with van der Waals surface area (Å²) in [6.07, 6.45) is 0. The summed E-state index contributed by atoms with van der Waals surface area (Å²) in [7, 11) is 1.70. The van der Waals surface area contributed by atoms with E-state index in [1.807, 2.05) is 6.92 Å². The van der Waals surface area contributed by atoms with Crippen molar-refractivity contribution in [3.63, 3.8) is 0 Å². The van der Waals surface area contributed by atoms with E-state index in [1.54, 1.807) is 72.6 Å². The molecule has 0 heterocycles. The van der Waals surface area contributed by atoms with Crippen LogP contribution in [0.5, 0.6) is 5.75 Å². The SMILES string of the molecule is CCOc1ccc(NC(=O)c2ccc(NCC(=O)N(C)Cc3ccc(F)cc3)cc2)cc1. The molecular weight excluding hydrogens is 409 g/mol. The predicted molar refractivity (Wildman–Crippen MR) is 123 cm³/mol. The lowest BCUT2D eigenvalue weighted by molar-refractivity contribution is -0.128. The van der Waals surface area contributed by atoms with Crippen molar-refractivity contribution in [1.82, 2.24) is 4.90 Å². The smallest absolute Gasteiger partial charge is 0.255 e. The van der Waals surface area contributed by atoms with E-state index in [2.05, 4.69) is 10.6 Å². The summed E-state index contributed by atoms with van der Waals surface area (Å²) in [6.45, 7) is 3.00. The van der Waals surface area contributed by atoms with Crippen LogP contribution in [0.2, 0.25) is 0 Å². The highest BCUT2D eigenvalue weighted by Crippen LogP contribution is 2.17. The molecule has 32 heavy (non-hydrogen) atoms. The number of nitrogens with zero attached hydrogens (tertiary/aromatic N) is 1. The molecule has 0 radical (unpaired) electrons. The zero-order valence-electron chi connectivity index (χ0n) is 18.1. The first-order chi connectivity index (χ1) is 15.4. The normalized spacial score (nSPS) is 10.3. The van der Waals surface area contributed by atoms with Gasteiger partial charge in [-0.2, -0.15) is 0 Å². The van der Waals surface area contributed by atoms with Crippen molar-refractivity contribution in [2.75, 3.05) is 30.8 Å². The zero-order valence-corrected chi connectivity index (χ0v) is 18.1. The highest BCUT2D eigenvalue weighted by molar-refractivity contribution is 6.04. The van der Waals surface area contributed by atoms with Crippen LogP contribution in [0.25, 0.3) is 0 Å². The van der Waals surface area contributed by atoms with Gasteiger partial charge in [0, 0.05) is 30.5 Å². The largest absolute Gasteiger partial charge is 0.494 e. The van der Waals surface area contributed by atoms with Crippen molar-refractivity contribution in [2.24, 2.45) is 0 Å². The molecule has 3 rings (SSSR count). The Bertz CT molecular complexity index is 1040. The Hall–Kier alpha value is -3.87. The van der Waals surface area contributed by atoms with E-state index in [0.717, 1.165) is 17.0 Å². The fourth-order valence-corrected chi connectivity index (χ4v) is 3.01. The fourth-order valence-electron chi connectivity index (χ4n) is 3.01. The average Bonchev–Trinajstić information content (AvgIpc) is 2.80. The van der Waals surface area contributed by atoms with Gasteiger partial charge in [0.2, 0.25) is 5.91 Å². The first kappa shape index (κ1) is 22.8. The van der Waals surface area contributed by atoms with Crippen LogP contribution in [-0.2, 0) is 11.3 Å². The number of amides is 2. The van der Waals surface area contributed by atoms with Gasteiger partial charge in [-0.1, -0.05) is 12.1 Å². The molecule has 0 aliphatic rings. The maximum absolute atomic E-state index is 13.0. The topological polar surface area (TPSA) is 70.7 Å². The number of carbonyl (C=O) groups excluding carboxylic acids is 2. The van der Waals surface area contributed by atoms with Crippen molar-refractivity contribution in [2.45, 2.75) is 13.5 Å². The summed E-state index contributed by atoms with van der Waals surface area (Å²) in [6, 6.07) is 20.1. The molecule has 0 fully saturated rings. The second kappa shape index (κ2) is 10.9. The summed E-state index contributed by atoms with van der Waals surface area (Å²) in [4.78, 5) is 26.4. The van der Waals surface area contributed by atoms with E-state index in [4.69, 9.17) is 4.74 Å². The molecule has 166 valence electrons. The third-order valence-electron chi connectivity index (χ3n) is 4.77. The maximum Gasteiger partial charge on any atom is 0.255 e. The molecule has 2 N–H and O–H groups in total. The van der Waals surface area contributed by atoms with Crippen molar-refractivity contribution in [3.05, 3.63) is 89.7 Å². The van der Waals surface area contributed by atoms with Crippen molar-refractivity contribution < 1.29 is 18.7 Å². The highest BCUT2D eigenvalue weighted by Gasteiger charge is 2.10. The molecule has 7 heteroatoms. The average molecular weight is 435 g/mol. The number of hydrogen-bond donors (Lipinski definition) is 2. The lowest BCUT2D eigenvalue weighted by Crippen LogP contribution is -2.31. The van der Waals surface area contributed by atoms with Crippen LogP contribution < -0.4 is 15.4 Å². The molecule has 0 saturated heterocycles. The predicted octanol–water partition coefficient (Wildman–Crippen LogP) is 4.55. The Morgan fingerprint density at radius 2 is 1.53 bits per heavy atom. The van der Waals surface area contributed by atoms with Crippen LogP contribution in [0, 0.1) is 5.82 Å². The van der Waals surface area contributed by atoms with Crippen LogP contribution in [-0.4, -0.2) is 36.9 Å². The van der Waals surface area contributed by atoms with E-state index < -0.39 is 0 Å². The Labute approximate surface area is 187 Å². The van der Waals surface area contributed by atoms with Gasteiger partial charge in [0.25, 0.3) is 5.91 Å². The number of rotatable bonds is 9. The molecule has 0 aliphatic carbocycles. The summed E-state index contributed by atoms with van der Waals surface area (Å²) in [5.41, 5.74) is 2.76. The third-order valence-corrected chi connectivity index (χ3v) is 4.77. The first-order valence-corrected chi connectivity index (χ1v) is 10.3. The number of anilines is 2. The van der Waals surface area contributed by atoms with Gasteiger partial charge in [0.05, 0.1) is 13.2 Å². The van der Waals surface area contributed by atoms with E-state index in [1.165, 1.54) is 12.1 Å². The lowest BCUT2D eigenvalue weighted by Gasteiger charge is -2.18. The van der Waals surface area contributed by atoms with E-state index in [9.17, 15) is 14.0 Å². The molecule has 0 saturated carbocycles. The molecule has 3 aromatic carbocycles. The van der Waals surface area contributed by atoms with Crippen LogP contribution in [0.1, 0.15) is 22.8 Å². The molecule has 6 nitrogen and oxygen atoms in total. The molecule has 2 amide bonds. The van der Waals surface area contributed by atoms with Gasteiger partial charge in [0.1, 0.15) is 11.6 Å². The Balaban J connectivity index is 1.48. The Morgan fingerprint density at radius 1 is 0.906 bits per heavy atom. The van der Waals surface area contributed by atoms with Crippen LogP contribution in [0.4, 0.5) is 15.8 Å². The number of carbonyl (C=O) groups is 2. The Morgan fingerprint density at radius 3 is 2.16 bits per heavy atom. The summed E-state index contributed by atoms with van der Waals surface area (Å²) in [5.74, 6) is 0.113. The van der Waals surface area contributed by atoms with Crippen LogP contribution in [0.3, 0.4) is 0 Å². The lowest BCUT2D eigenvalue weighted by atomic mass is 10.2. The third kappa shape index (κ3) is 6.57. The number of likely N-dealkylation sites (N-methyl/N-ethyl adjacent to an activating group) is 1. The fraction of sp³-hybridized carbons (Fsp3) is 0.200. The zero-order chi connectivity index (χ0) is 22.9. The number of nitrogens with one attached hydrogen (secondary N) is 2. The number of halogens is 1. The molecule has 0 aromatic heterocycles. The molecule has 0 bridgehead atoms. The second-order valence-electron chi connectivity index (χ2n) is 7.22. The number of ether oxygens (including phenoxy) is 1. The first-order valence-electron chi connectivity index (χ1n) is 10.3. The number of hydrogen-bond acceptors (Lipinski definition) is 4. The molecule has 3 aromatic rings. The van der Waals surface area contributed by atoms with Crippen molar-refractivity contribution >= 4 is 23.2 Å². The van der Waals surface area contributed by atoms with Gasteiger partial charge < -0.3 is 20.3 Å². The number of benzene rings is 3. The minimum absolute atomic E-state index is 0.105. The molecule has 0 spiro atoms. The van der Waals surface area contributed by atoms with Gasteiger partial charge in [-0.15, -0.1) is 0 Å². The highest BCUT2D eigenvalue weighted by atomic mass is 19.1. The van der Waals surface area contributed by atoms with Crippen LogP contribution in [0.15, 0.2) is 72.8 Å². The van der Waals surface area contributed by atoms with Crippen molar-refractivity contribution in [3.8, 4) is 5.75 Å². The van der Waals surface area contributed by atoms with Gasteiger partial charge >= 0.3 is 0 Å². The molecule has 0 aliphatic heterocycles. The quantitative estimate of drug-likeness (QED) is 0.517. The summed E-state index contributed by atoms with van der Waals surface area (Å²) >= 11 is 0. The van der Waals surface area contributed by atoms with Crippen LogP contribution >= 0.6 is 0 Å². The minimum atomic E-state index is -0.305. The van der Waals surface area contributed by atoms with Crippen molar-refractivity contribution in [1.29, 1.82) is 0 Å². The standard InChI is InChI=1S/C25H26FN3O3/c1-3-32-23-14-12-22(13-15-23)28-25(31)19-6-10-21(11-7-19)27-16-24(30)29(2)17-18-4-8-20(26)9-5-18/h4-15,27H,3,16-17H2,1-2H3,(H,28,31). The van der Waals surface area contributed by atoms with E-state index in [0.29, 0.717) is 24.4 Å². The van der Waals surface area contributed by atoms with E-state index in [-0.39, 0.29) is 24.2 Å². The minimum Gasteiger partial charge on any atom is -0.494 e. The summed E-state index contributed by atoms with van der Waals surface area (Å²) in [5, 5.41) is 5.90. The van der Waals surface area contributed by atoms with Gasteiger partial charge in [-0.05, 0) is 73.2 Å². The molecule has 0 atom stereocenters. The molecule has 0 unspecified atom stereocenters. The van der Waals surface area contributed by atoms with E-state index >= 15 is 0 Å². The monoisotopic (exact) mass is 435 g/mol. The Kier molecular flexibility index (Phi) is 7.80. The van der Waals surface area contributed by atoms with Gasteiger partial charge in [-0.3, -0.25) is 9.59 Å². The van der Waals surface area contributed by atoms with Gasteiger partial charge in [-0.25, -0.2) is 4.39 Å².